The normalized spacial score (nSPS) is 35.6. The molecule has 0 aromatic heterocycles. The van der Waals surface area contributed by atoms with Crippen molar-refractivity contribution in [2.75, 3.05) is 0 Å². The molecule has 0 saturated heterocycles. The van der Waals surface area contributed by atoms with Gasteiger partial charge in [0.05, 0.1) is 0 Å². The molecule has 0 unspecified atom stereocenters. The Balaban J connectivity index is 1.87. The molecule has 0 heterocycles. The van der Waals surface area contributed by atoms with Crippen molar-refractivity contribution in [3.8, 4) is 0 Å². The molecule has 4 heteroatoms. The summed E-state index contributed by atoms with van der Waals surface area (Å²) in [5.74, 6) is 2.29. The first-order chi connectivity index (χ1) is 10.5. The number of carbonyl (C=O) groups is 2. The van der Waals surface area contributed by atoms with E-state index in [0.717, 1.165) is 42.6 Å². The third-order valence-electron chi connectivity index (χ3n) is 6.08. The van der Waals surface area contributed by atoms with Crippen LogP contribution in [0.1, 0.15) is 64.8 Å². The Kier molecular flexibility index (Phi) is 3.39. The Morgan fingerprint density at radius 1 is 0.909 bits per heavy atom. The van der Waals surface area contributed by atoms with Gasteiger partial charge in [-0.25, -0.2) is 0 Å². The molecule has 4 aliphatic rings. The molecule has 0 spiro atoms. The predicted molar refractivity (Wildman–Crippen MR) is 86.7 cm³/mol. The molecule has 0 N–H and O–H groups in total. The quantitative estimate of drug-likeness (QED) is 0.734. The van der Waals surface area contributed by atoms with Crippen molar-refractivity contribution in [3.63, 3.8) is 0 Å². The molecule has 0 radical (unpaired) electrons. The summed E-state index contributed by atoms with van der Waals surface area (Å²) >= 11 is 11.5. The molecule has 1 aromatic rings. The second-order valence-electron chi connectivity index (χ2n) is 7.47. The molecule has 0 atom stereocenters. The van der Waals surface area contributed by atoms with Gasteiger partial charge in [-0.3, -0.25) is 9.59 Å². The van der Waals surface area contributed by atoms with E-state index in [9.17, 15) is 9.59 Å². The van der Waals surface area contributed by atoms with Crippen molar-refractivity contribution in [3.05, 3.63) is 34.9 Å². The van der Waals surface area contributed by atoms with Gasteiger partial charge in [-0.05, 0) is 96.5 Å². The van der Waals surface area contributed by atoms with Gasteiger partial charge in [0.15, 0.2) is 0 Å². The lowest BCUT2D eigenvalue weighted by Crippen LogP contribution is -2.49. The summed E-state index contributed by atoms with van der Waals surface area (Å²) in [7, 11) is 0. The van der Waals surface area contributed by atoms with Gasteiger partial charge in [-0.2, -0.15) is 0 Å². The van der Waals surface area contributed by atoms with Crippen LogP contribution in [0, 0.1) is 17.8 Å². The van der Waals surface area contributed by atoms with Gasteiger partial charge in [0, 0.05) is 11.1 Å². The standard InChI is InChI=1S/C18H18Cl2O2/c19-16(21)13-2-1-3-14(15(13)17(20)22)18-7-10-4-11(8-18)6-12(5-10)9-18/h1-3,10-12H,4-9H2. The molecule has 5 rings (SSSR count). The first-order valence-electron chi connectivity index (χ1n) is 8.02. The van der Waals surface area contributed by atoms with Gasteiger partial charge in [0.25, 0.3) is 10.5 Å². The maximum Gasteiger partial charge on any atom is 0.253 e. The van der Waals surface area contributed by atoms with Crippen molar-refractivity contribution in [2.45, 2.75) is 43.9 Å². The largest absolute Gasteiger partial charge is 0.276 e. The smallest absolute Gasteiger partial charge is 0.253 e. The van der Waals surface area contributed by atoms with Crippen molar-refractivity contribution in [1.29, 1.82) is 0 Å². The number of halogens is 2. The fraction of sp³-hybridized carbons (Fsp3) is 0.556. The topological polar surface area (TPSA) is 34.1 Å². The molecular weight excluding hydrogens is 319 g/mol. The molecule has 22 heavy (non-hydrogen) atoms. The maximum absolute atomic E-state index is 12.0. The van der Waals surface area contributed by atoms with E-state index < -0.39 is 10.5 Å². The minimum atomic E-state index is -0.601. The number of hydrogen-bond acceptors (Lipinski definition) is 2. The fourth-order valence-electron chi connectivity index (χ4n) is 5.81. The van der Waals surface area contributed by atoms with Crippen molar-refractivity contribution >= 4 is 33.7 Å². The van der Waals surface area contributed by atoms with Crippen molar-refractivity contribution < 1.29 is 9.59 Å². The lowest BCUT2D eigenvalue weighted by atomic mass is 9.47. The van der Waals surface area contributed by atoms with E-state index in [-0.39, 0.29) is 11.0 Å². The van der Waals surface area contributed by atoms with E-state index >= 15 is 0 Å². The van der Waals surface area contributed by atoms with Crippen LogP contribution in [0.5, 0.6) is 0 Å². The van der Waals surface area contributed by atoms with Gasteiger partial charge in [0.2, 0.25) is 0 Å². The van der Waals surface area contributed by atoms with E-state index in [0.29, 0.717) is 5.56 Å². The maximum atomic E-state index is 12.0. The summed E-state index contributed by atoms with van der Waals surface area (Å²) in [5.41, 5.74) is 1.61. The summed E-state index contributed by atoms with van der Waals surface area (Å²) in [4.78, 5) is 23.7. The minimum absolute atomic E-state index is 0.0248. The molecule has 0 amide bonds. The zero-order valence-electron chi connectivity index (χ0n) is 12.3. The van der Waals surface area contributed by atoms with Gasteiger partial charge in [-0.1, -0.05) is 12.1 Å². The zero-order valence-corrected chi connectivity index (χ0v) is 13.8. The van der Waals surface area contributed by atoms with Crippen LogP contribution in [0.2, 0.25) is 0 Å². The van der Waals surface area contributed by atoms with Crippen LogP contribution in [0.15, 0.2) is 18.2 Å². The fourth-order valence-corrected chi connectivity index (χ4v) is 6.17. The van der Waals surface area contributed by atoms with E-state index in [2.05, 4.69) is 0 Å². The Hall–Kier alpha value is -0.860. The Morgan fingerprint density at radius 2 is 1.45 bits per heavy atom. The highest BCUT2D eigenvalue weighted by Crippen LogP contribution is 2.61. The van der Waals surface area contributed by atoms with Crippen molar-refractivity contribution in [2.24, 2.45) is 17.8 Å². The molecular formula is C18H18Cl2O2. The SMILES string of the molecule is O=C(Cl)c1cccc(C23CC4CC(CC(C4)C2)C3)c1C(=O)Cl. The van der Waals surface area contributed by atoms with Gasteiger partial charge in [0.1, 0.15) is 0 Å². The summed E-state index contributed by atoms with van der Waals surface area (Å²) in [5, 5.41) is -1.16. The number of benzene rings is 1. The molecule has 116 valence electrons. The second-order valence-corrected chi connectivity index (χ2v) is 8.16. The molecule has 1 aromatic carbocycles. The van der Waals surface area contributed by atoms with E-state index in [1.807, 2.05) is 12.1 Å². The molecule has 4 fully saturated rings. The Morgan fingerprint density at radius 3 is 1.91 bits per heavy atom. The van der Waals surface area contributed by atoms with Crippen LogP contribution >= 0.6 is 23.2 Å². The highest BCUT2D eigenvalue weighted by molar-refractivity contribution is 6.72. The van der Waals surface area contributed by atoms with Crippen LogP contribution in [0.25, 0.3) is 0 Å². The first kappa shape index (κ1) is 14.7. The molecule has 4 saturated carbocycles. The van der Waals surface area contributed by atoms with Crippen LogP contribution in [0.4, 0.5) is 0 Å². The minimum Gasteiger partial charge on any atom is -0.276 e. The summed E-state index contributed by atoms with van der Waals surface area (Å²) in [6.45, 7) is 0. The van der Waals surface area contributed by atoms with Gasteiger partial charge in [-0.15, -0.1) is 0 Å². The second kappa shape index (κ2) is 5.07. The average molecular weight is 337 g/mol. The molecule has 4 aliphatic carbocycles. The highest BCUT2D eigenvalue weighted by atomic mass is 35.5. The van der Waals surface area contributed by atoms with Crippen LogP contribution in [-0.4, -0.2) is 10.5 Å². The zero-order chi connectivity index (χ0) is 15.5. The monoisotopic (exact) mass is 336 g/mol. The van der Waals surface area contributed by atoms with Gasteiger partial charge < -0.3 is 0 Å². The first-order valence-corrected chi connectivity index (χ1v) is 8.77. The van der Waals surface area contributed by atoms with Crippen LogP contribution in [0.3, 0.4) is 0 Å². The summed E-state index contributed by atoms with van der Waals surface area (Å²) < 4.78 is 0. The van der Waals surface area contributed by atoms with Gasteiger partial charge >= 0.3 is 0 Å². The third-order valence-corrected chi connectivity index (χ3v) is 6.47. The van der Waals surface area contributed by atoms with Crippen LogP contribution in [-0.2, 0) is 5.41 Å². The number of rotatable bonds is 3. The number of carbonyl (C=O) groups excluding carboxylic acids is 2. The number of hydrogen-bond donors (Lipinski definition) is 0. The Labute approximate surface area is 140 Å². The summed E-state index contributed by atoms with van der Waals surface area (Å²) in [6, 6.07) is 5.44. The van der Waals surface area contributed by atoms with E-state index in [1.54, 1.807) is 6.07 Å². The highest BCUT2D eigenvalue weighted by Gasteiger charge is 2.52. The predicted octanol–water partition coefficient (Wildman–Crippen LogP) is 4.91. The average Bonchev–Trinajstić information content (AvgIpc) is 2.44. The molecule has 4 bridgehead atoms. The lowest BCUT2D eigenvalue weighted by molar-refractivity contribution is -0.00547. The summed E-state index contributed by atoms with van der Waals surface area (Å²) in [6.07, 6.45) is 7.36. The van der Waals surface area contributed by atoms with E-state index in [1.165, 1.54) is 19.3 Å². The van der Waals surface area contributed by atoms with Crippen molar-refractivity contribution in [1.82, 2.24) is 0 Å². The van der Waals surface area contributed by atoms with Crippen LogP contribution < -0.4 is 0 Å². The molecule has 2 nitrogen and oxygen atoms in total. The molecule has 0 aliphatic heterocycles. The van der Waals surface area contributed by atoms with E-state index in [4.69, 9.17) is 23.2 Å². The Bertz CT molecular complexity index is 630. The lowest BCUT2D eigenvalue weighted by Gasteiger charge is -2.57. The third kappa shape index (κ3) is 2.15.